The third-order valence-electron chi connectivity index (χ3n) is 4.94. The zero-order valence-electron chi connectivity index (χ0n) is 13.9. The number of carbonyl (C=O) groups excluding carboxylic acids is 1. The Morgan fingerprint density at radius 2 is 1.92 bits per heavy atom. The van der Waals surface area contributed by atoms with E-state index >= 15 is 0 Å². The Bertz CT molecular complexity index is 836. The second kappa shape index (κ2) is 6.26. The first-order valence-electron chi connectivity index (χ1n) is 8.40. The van der Waals surface area contributed by atoms with Crippen LogP contribution in [0.3, 0.4) is 0 Å². The molecular formula is C19H19NO4S. The van der Waals surface area contributed by atoms with Gasteiger partial charge in [0.25, 0.3) is 0 Å². The standard InChI is InChI=1S/C19H19NO4S/c1-25-16-10-14-15(24-19(22)23)8-9-20(14)17(16)18(21)13-6-4-12(5-7-13)11-2-3-11/h4-7,10-11,15H,2-3,8-9H2,1H3,(H,22,23). The van der Waals surface area contributed by atoms with Gasteiger partial charge in [-0.3, -0.25) is 4.79 Å². The van der Waals surface area contributed by atoms with Crippen LogP contribution in [0.2, 0.25) is 0 Å². The maximum Gasteiger partial charge on any atom is 0.506 e. The van der Waals surface area contributed by atoms with Gasteiger partial charge in [-0.05, 0) is 36.6 Å². The normalized spacial score (nSPS) is 18.8. The highest BCUT2D eigenvalue weighted by molar-refractivity contribution is 7.98. The summed E-state index contributed by atoms with van der Waals surface area (Å²) in [7, 11) is 0. The smallest absolute Gasteiger partial charge is 0.450 e. The van der Waals surface area contributed by atoms with Crippen LogP contribution in [0.15, 0.2) is 35.2 Å². The Kier molecular flexibility index (Phi) is 4.07. The van der Waals surface area contributed by atoms with Gasteiger partial charge in [0.1, 0.15) is 11.8 Å². The second-order valence-electron chi connectivity index (χ2n) is 6.52. The number of thioether (sulfide) groups is 1. The van der Waals surface area contributed by atoms with E-state index < -0.39 is 12.3 Å². The molecule has 0 amide bonds. The number of rotatable bonds is 5. The molecule has 5 nitrogen and oxygen atoms in total. The number of nitrogens with zero attached hydrogens (tertiary/aromatic N) is 1. The molecule has 2 aliphatic rings. The topological polar surface area (TPSA) is 68.5 Å². The number of fused-ring (bicyclic) bond motifs is 1. The van der Waals surface area contributed by atoms with Gasteiger partial charge in [0, 0.05) is 23.4 Å². The molecule has 1 aliphatic heterocycles. The van der Waals surface area contributed by atoms with Crippen LogP contribution in [0.5, 0.6) is 0 Å². The summed E-state index contributed by atoms with van der Waals surface area (Å²) in [4.78, 5) is 24.8. The van der Waals surface area contributed by atoms with Gasteiger partial charge < -0.3 is 14.4 Å². The van der Waals surface area contributed by atoms with Crippen molar-refractivity contribution in [1.29, 1.82) is 0 Å². The Hall–Kier alpha value is -2.21. The zero-order chi connectivity index (χ0) is 17.6. The van der Waals surface area contributed by atoms with Crippen LogP contribution in [-0.2, 0) is 11.3 Å². The SMILES string of the molecule is CSc1cc2n(c1C(=O)c1ccc(C3CC3)cc1)CCC2OC(=O)O. The fourth-order valence-corrected chi connectivity index (χ4v) is 4.17. The predicted octanol–water partition coefficient (Wildman–Crippen LogP) is 4.46. The van der Waals surface area contributed by atoms with Crippen LogP contribution in [0.25, 0.3) is 0 Å². The second-order valence-corrected chi connectivity index (χ2v) is 7.37. The molecule has 0 spiro atoms. The van der Waals surface area contributed by atoms with Gasteiger partial charge in [-0.25, -0.2) is 4.79 Å². The third kappa shape index (κ3) is 2.95. The first-order valence-corrected chi connectivity index (χ1v) is 9.62. The van der Waals surface area contributed by atoms with Gasteiger partial charge in [0.05, 0.1) is 5.69 Å². The van der Waals surface area contributed by atoms with Crippen molar-refractivity contribution < 1.29 is 19.4 Å². The van der Waals surface area contributed by atoms with E-state index in [9.17, 15) is 9.59 Å². The van der Waals surface area contributed by atoms with Crippen molar-refractivity contribution in [2.24, 2.45) is 0 Å². The molecule has 1 fully saturated rings. The molecular weight excluding hydrogens is 338 g/mol. The highest BCUT2D eigenvalue weighted by Crippen LogP contribution is 2.40. The van der Waals surface area contributed by atoms with Crippen molar-refractivity contribution in [1.82, 2.24) is 4.57 Å². The molecule has 1 aromatic carbocycles. The van der Waals surface area contributed by atoms with Crippen molar-refractivity contribution in [3.8, 4) is 0 Å². The van der Waals surface area contributed by atoms with E-state index in [4.69, 9.17) is 9.84 Å². The number of benzene rings is 1. The molecule has 0 radical (unpaired) electrons. The third-order valence-corrected chi connectivity index (χ3v) is 5.69. The summed E-state index contributed by atoms with van der Waals surface area (Å²) in [6, 6.07) is 9.79. The summed E-state index contributed by atoms with van der Waals surface area (Å²) >= 11 is 1.50. The van der Waals surface area contributed by atoms with Crippen LogP contribution in [0.1, 0.15) is 58.6 Å². The molecule has 1 aliphatic carbocycles. The minimum absolute atomic E-state index is 0.0195. The first kappa shape index (κ1) is 16.3. The van der Waals surface area contributed by atoms with Gasteiger partial charge in [0.2, 0.25) is 5.78 Å². The summed E-state index contributed by atoms with van der Waals surface area (Å²) in [5, 5.41) is 8.89. The van der Waals surface area contributed by atoms with Crippen molar-refractivity contribution in [3.63, 3.8) is 0 Å². The Morgan fingerprint density at radius 3 is 2.52 bits per heavy atom. The minimum Gasteiger partial charge on any atom is -0.450 e. The lowest BCUT2D eigenvalue weighted by molar-refractivity contribution is 0.0518. The molecule has 1 aromatic heterocycles. The summed E-state index contributed by atoms with van der Waals surface area (Å²) in [6.07, 6.45) is 3.18. The Morgan fingerprint density at radius 1 is 1.20 bits per heavy atom. The Labute approximate surface area is 150 Å². The van der Waals surface area contributed by atoms with Crippen molar-refractivity contribution in [2.45, 2.75) is 42.7 Å². The lowest BCUT2D eigenvalue weighted by Gasteiger charge is -2.08. The van der Waals surface area contributed by atoms with Crippen molar-refractivity contribution in [3.05, 3.63) is 52.8 Å². The quantitative estimate of drug-likeness (QED) is 0.486. The number of carbonyl (C=O) groups is 2. The summed E-state index contributed by atoms with van der Waals surface area (Å²) in [5.41, 5.74) is 3.38. The first-order chi connectivity index (χ1) is 12.1. The molecule has 25 heavy (non-hydrogen) atoms. The van der Waals surface area contributed by atoms with Crippen LogP contribution < -0.4 is 0 Å². The average molecular weight is 357 g/mol. The fraction of sp³-hybridized carbons (Fsp3) is 0.368. The van der Waals surface area contributed by atoms with E-state index in [1.54, 1.807) is 0 Å². The van der Waals surface area contributed by atoms with Crippen LogP contribution in [0, 0.1) is 0 Å². The Balaban J connectivity index is 1.67. The molecule has 0 saturated heterocycles. The number of ether oxygens (including phenoxy) is 1. The molecule has 1 N–H and O–H groups in total. The maximum absolute atomic E-state index is 13.1. The molecule has 2 aromatic rings. The number of aromatic nitrogens is 1. The molecule has 1 unspecified atom stereocenters. The van der Waals surface area contributed by atoms with Crippen LogP contribution in [0.4, 0.5) is 4.79 Å². The number of carboxylic acid groups (broad SMARTS) is 1. The molecule has 1 saturated carbocycles. The molecule has 6 heteroatoms. The summed E-state index contributed by atoms with van der Waals surface area (Å²) < 4.78 is 6.87. The fourth-order valence-electron chi connectivity index (χ4n) is 3.54. The summed E-state index contributed by atoms with van der Waals surface area (Å²) in [5.74, 6) is 0.645. The maximum atomic E-state index is 13.1. The lowest BCUT2D eigenvalue weighted by atomic mass is 10.0. The lowest BCUT2D eigenvalue weighted by Crippen LogP contribution is -2.10. The molecule has 1 atom stereocenters. The van der Waals surface area contributed by atoms with Gasteiger partial charge in [-0.1, -0.05) is 24.3 Å². The van der Waals surface area contributed by atoms with Gasteiger partial charge in [-0.15, -0.1) is 11.8 Å². The molecule has 2 heterocycles. The number of hydrogen-bond acceptors (Lipinski definition) is 4. The molecule has 0 bridgehead atoms. The van der Waals surface area contributed by atoms with Gasteiger partial charge in [0.15, 0.2) is 0 Å². The number of ketones is 1. The largest absolute Gasteiger partial charge is 0.506 e. The predicted molar refractivity (Wildman–Crippen MR) is 94.5 cm³/mol. The van der Waals surface area contributed by atoms with Gasteiger partial charge >= 0.3 is 6.16 Å². The van der Waals surface area contributed by atoms with E-state index in [1.165, 1.54) is 30.2 Å². The number of hydrogen-bond donors (Lipinski definition) is 1. The van der Waals surface area contributed by atoms with Crippen LogP contribution in [-0.4, -0.2) is 27.9 Å². The minimum atomic E-state index is -1.28. The molecule has 4 rings (SSSR count). The van der Waals surface area contributed by atoms with Crippen molar-refractivity contribution in [2.75, 3.05) is 6.26 Å². The zero-order valence-corrected chi connectivity index (χ0v) is 14.7. The van der Waals surface area contributed by atoms with Gasteiger partial charge in [-0.2, -0.15) is 0 Å². The van der Waals surface area contributed by atoms with Crippen LogP contribution >= 0.6 is 11.8 Å². The highest BCUT2D eigenvalue weighted by Gasteiger charge is 2.32. The highest BCUT2D eigenvalue weighted by atomic mass is 32.2. The van der Waals surface area contributed by atoms with Crippen molar-refractivity contribution >= 4 is 23.7 Å². The van der Waals surface area contributed by atoms with E-state index in [1.807, 2.05) is 41.2 Å². The van der Waals surface area contributed by atoms with E-state index in [2.05, 4.69) is 0 Å². The van der Waals surface area contributed by atoms with E-state index in [-0.39, 0.29) is 5.78 Å². The molecule has 130 valence electrons. The summed E-state index contributed by atoms with van der Waals surface area (Å²) in [6.45, 7) is 0.592. The average Bonchev–Trinajstić information content (AvgIpc) is 3.29. The van der Waals surface area contributed by atoms with E-state index in [0.29, 0.717) is 30.1 Å². The van der Waals surface area contributed by atoms with E-state index in [0.717, 1.165) is 10.6 Å². The monoisotopic (exact) mass is 357 g/mol.